The largest absolute Gasteiger partial charge is 0.328 e. The smallest absolute Gasteiger partial charge is 0.000424 e. The normalized spacial score (nSPS) is 28.8. The molecule has 1 aliphatic rings. The Kier molecular flexibility index (Phi) is 3.57. The Morgan fingerprint density at radius 3 is 2.83 bits per heavy atom. The van der Waals surface area contributed by atoms with Crippen LogP contribution in [0.3, 0.4) is 0 Å². The first-order valence-electron chi connectivity index (χ1n) is 5.19. The van der Waals surface area contributed by atoms with Crippen LogP contribution in [0, 0.1) is 17.8 Å². The maximum atomic E-state index is 3.47. The zero-order chi connectivity index (χ0) is 9.03. The van der Waals surface area contributed by atoms with Gasteiger partial charge in [-0.15, -0.1) is 0 Å². The molecule has 0 bridgehead atoms. The van der Waals surface area contributed by atoms with E-state index in [4.69, 9.17) is 0 Å². The summed E-state index contributed by atoms with van der Waals surface area (Å²) >= 11 is 0. The summed E-state index contributed by atoms with van der Waals surface area (Å²) in [7, 11) is 0. The van der Waals surface area contributed by atoms with Crippen LogP contribution in [0.1, 0.15) is 40.0 Å². The SMILES string of the molecule is CC[CH-]CC1CCNCC1(C)C. The number of rotatable bonds is 3. The molecule has 0 aromatic heterocycles. The van der Waals surface area contributed by atoms with E-state index in [-0.39, 0.29) is 0 Å². The van der Waals surface area contributed by atoms with Crippen molar-refractivity contribution < 1.29 is 0 Å². The Morgan fingerprint density at radius 1 is 1.50 bits per heavy atom. The molecule has 1 unspecified atom stereocenters. The van der Waals surface area contributed by atoms with Gasteiger partial charge in [-0.1, -0.05) is 26.7 Å². The average Bonchev–Trinajstić information content (AvgIpc) is 2.02. The highest BCUT2D eigenvalue weighted by atomic mass is 14.9. The molecule has 0 aromatic rings. The molecule has 0 saturated carbocycles. The second-order valence-electron chi connectivity index (χ2n) is 4.58. The fourth-order valence-corrected chi connectivity index (χ4v) is 2.03. The Bertz CT molecular complexity index is 129. The maximum Gasteiger partial charge on any atom is 0.000424 e. The fraction of sp³-hybridized carbons (Fsp3) is 0.909. The number of piperidine rings is 1. The molecule has 0 aliphatic carbocycles. The zero-order valence-electron chi connectivity index (χ0n) is 8.69. The molecule has 0 spiro atoms. The van der Waals surface area contributed by atoms with Gasteiger partial charge in [0.1, 0.15) is 0 Å². The van der Waals surface area contributed by atoms with Crippen molar-refractivity contribution in [3.05, 3.63) is 6.42 Å². The molecule has 1 saturated heterocycles. The first kappa shape index (κ1) is 10.0. The highest BCUT2D eigenvalue weighted by Crippen LogP contribution is 2.34. The molecule has 1 heterocycles. The minimum absolute atomic E-state index is 0.504. The van der Waals surface area contributed by atoms with Crippen LogP contribution >= 0.6 is 0 Å². The van der Waals surface area contributed by atoms with Crippen LogP contribution in [0.25, 0.3) is 0 Å². The molecule has 1 N–H and O–H groups in total. The molecular formula is C11H22N-. The summed E-state index contributed by atoms with van der Waals surface area (Å²) in [5.41, 5.74) is 0.504. The van der Waals surface area contributed by atoms with E-state index in [0.717, 1.165) is 5.92 Å². The van der Waals surface area contributed by atoms with Gasteiger partial charge in [0.15, 0.2) is 0 Å². The van der Waals surface area contributed by atoms with Gasteiger partial charge in [-0.05, 0) is 18.4 Å². The lowest BCUT2D eigenvalue weighted by atomic mass is 9.72. The molecule has 1 rings (SSSR count). The van der Waals surface area contributed by atoms with E-state index in [1.807, 2.05) is 0 Å². The number of unbranched alkanes of at least 4 members (excludes halogenated alkanes) is 1. The van der Waals surface area contributed by atoms with E-state index in [1.54, 1.807) is 0 Å². The summed E-state index contributed by atoms with van der Waals surface area (Å²) in [6, 6.07) is 0. The van der Waals surface area contributed by atoms with Crippen LogP contribution in [0.15, 0.2) is 0 Å². The quantitative estimate of drug-likeness (QED) is 0.639. The van der Waals surface area contributed by atoms with E-state index in [2.05, 4.69) is 32.5 Å². The number of hydrogen-bond donors (Lipinski definition) is 1. The molecule has 0 radical (unpaired) electrons. The van der Waals surface area contributed by atoms with Gasteiger partial charge in [-0.3, -0.25) is 0 Å². The summed E-state index contributed by atoms with van der Waals surface area (Å²) in [4.78, 5) is 0. The van der Waals surface area contributed by atoms with Crippen molar-refractivity contribution >= 4 is 0 Å². The third-order valence-electron chi connectivity index (χ3n) is 3.10. The third-order valence-corrected chi connectivity index (χ3v) is 3.10. The molecular weight excluding hydrogens is 146 g/mol. The number of nitrogens with one attached hydrogen (secondary N) is 1. The third kappa shape index (κ3) is 2.48. The second-order valence-corrected chi connectivity index (χ2v) is 4.58. The van der Waals surface area contributed by atoms with Gasteiger partial charge < -0.3 is 11.7 Å². The molecule has 72 valence electrons. The van der Waals surface area contributed by atoms with Crippen molar-refractivity contribution in [2.24, 2.45) is 11.3 Å². The van der Waals surface area contributed by atoms with Crippen molar-refractivity contribution in [2.75, 3.05) is 13.1 Å². The van der Waals surface area contributed by atoms with Crippen molar-refractivity contribution in [3.63, 3.8) is 0 Å². The maximum absolute atomic E-state index is 3.47. The van der Waals surface area contributed by atoms with Gasteiger partial charge >= 0.3 is 0 Å². The molecule has 12 heavy (non-hydrogen) atoms. The first-order chi connectivity index (χ1) is 5.67. The van der Waals surface area contributed by atoms with E-state index >= 15 is 0 Å². The molecule has 1 aliphatic heterocycles. The lowest BCUT2D eigenvalue weighted by molar-refractivity contribution is 0.153. The van der Waals surface area contributed by atoms with Crippen LogP contribution in [-0.2, 0) is 0 Å². The second kappa shape index (κ2) is 4.27. The fourth-order valence-electron chi connectivity index (χ4n) is 2.03. The molecule has 1 fully saturated rings. The van der Waals surface area contributed by atoms with Gasteiger partial charge in [-0.2, -0.15) is 12.8 Å². The Hall–Kier alpha value is -0.0400. The Labute approximate surface area is 76.9 Å². The summed E-state index contributed by atoms with van der Waals surface area (Å²) in [5.74, 6) is 0.902. The van der Waals surface area contributed by atoms with Crippen LogP contribution in [0.5, 0.6) is 0 Å². The van der Waals surface area contributed by atoms with Crippen molar-refractivity contribution in [1.82, 2.24) is 5.32 Å². The summed E-state index contributed by atoms with van der Waals surface area (Å²) < 4.78 is 0. The molecule has 0 amide bonds. The number of hydrogen-bond acceptors (Lipinski definition) is 1. The van der Waals surface area contributed by atoms with Crippen molar-refractivity contribution in [2.45, 2.75) is 40.0 Å². The van der Waals surface area contributed by atoms with Crippen molar-refractivity contribution in [3.8, 4) is 0 Å². The predicted molar refractivity (Wildman–Crippen MR) is 54.0 cm³/mol. The summed E-state index contributed by atoms with van der Waals surface area (Å²) in [6.45, 7) is 9.40. The van der Waals surface area contributed by atoms with Gasteiger partial charge in [0.25, 0.3) is 0 Å². The van der Waals surface area contributed by atoms with Crippen LogP contribution in [0.2, 0.25) is 0 Å². The average molecular weight is 168 g/mol. The minimum Gasteiger partial charge on any atom is -0.328 e. The van der Waals surface area contributed by atoms with Gasteiger partial charge in [0, 0.05) is 6.54 Å². The van der Waals surface area contributed by atoms with Crippen molar-refractivity contribution in [1.29, 1.82) is 0 Å². The molecule has 0 aromatic carbocycles. The summed E-state index contributed by atoms with van der Waals surface area (Å²) in [6.07, 6.45) is 6.31. The first-order valence-corrected chi connectivity index (χ1v) is 5.19. The lowest BCUT2D eigenvalue weighted by Gasteiger charge is -2.41. The van der Waals surface area contributed by atoms with Gasteiger partial charge in [0.05, 0.1) is 0 Å². The van der Waals surface area contributed by atoms with Gasteiger partial charge in [-0.25, -0.2) is 0 Å². The van der Waals surface area contributed by atoms with E-state index in [1.165, 1.54) is 32.4 Å². The molecule has 1 atom stereocenters. The highest BCUT2D eigenvalue weighted by Gasteiger charge is 2.29. The van der Waals surface area contributed by atoms with E-state index in [9.17, 15) is 0 Å². The molecule has 1 nitrogen and oxygen atoms in total. The topological polar surface area (TPSA) is 12.0 Å². The monoisotopic (exact) mass is 168 g/mol. The van der Waals surface area contributed by atoms with E-state index in [0.29, 0.717) is 5.41 Å². The highest BCUT2D eigenvalue weighted by molar-refractivity contribution is 4.87. The Morgan fingerprint density at radius 2 is 2.25 bits per heavy atom. The van der Waals surface area contributed by atoms with Crippen LogP contribution in [0.4, 0.5) is 0 Å². The minimum atomic E-state index is 0.504. The standard InChI is InChI=1S/C11H22N/c1-4-5-6-10-7-8-12-9-11(10,2)3/h5,10,12H,4,6-9H2,1-3H3/q-1. The van der Waals surface area contributed by atoms with Crippen LogP contribution in [-0.4, -0.2) is 13.1 Å². The van der Waals surface area contributed by atoms with Crippen LogP contribution < -0.4 is 5.32 Å². The lowest BCUT2D eigenvalue weighted by Crippen LogP contribution is -2.42. The van der Waals surface area contributed by atoms with Gasteiger partial charge in [0.2, 0.25) is 0 Å². The molecule has 1 heteroatoms. The summed E-state index contributed by atoms with van der Waals surface area (Å²) in [5, 5.41) is 3.47. The van der Waals surface area contributed by atoms with E-state index < -0.39 is 0 Å². The zero-order valence-corrected chi connectivity index (χ0v) is 8.69. The Balaban J connectivity index is 2.37. The predicted octanol–water partition coefficient (Wildman–Crippen LogP) is 2.63.